The second-order valence-corrected chi connectivity index (χ2v) is 22.4. The van der Waals surface area contributed by atoms with Gasteiger partial charge in [-0.2, -0.15) is 0 Å². The summed E-state index contributed by atoms with van der Waals surface area (Å²) in [6.07, 6.45) is 64.4. The van der Waals surface area contributed by atoms with Crippen molar-refractivity contribution in [2.45, 2.75) is 289 Å². The number of phosphoric acid groups is 1. The van der Waals surface area contributed by atoms with Crippen molar-refractivity contribution in [2.24, 2.45) is 0 Å². The Kier molecular flexibility index (Phi) is 48.7. The number of carbonyl (C=O) groups is 1. The number of allylic oxidation sites excluding steroid dienone is 5. The van der Waals surface area contributed by atoms with E-state index >= 15 is 0 Å². The van der Waals surface area contributed by atoms with Crippen LogP contribution < -0.4 is 10.2 Å². The number of quaternary nitrogens is 1. The summed E-state index contributed by atoms with van der Waals surface area (Å²) in [5.74, 6) is -0.210. The highest BCUT2D eigenvalue weighted by Crippen LogP contribution is 2.38. The quantitative estimate of drug-likeness (QED) is 0.0272. The van der Waals surface area contributed by atoms with Gasteiger partial charge in [0, 0.05) is 6.42 Å². The number of phosphoric ester groups is 1. The second kappa shape index (κ2) is 49.7. The highest BCUT2D eigenvalue weighted by atomic mass is 31.2. The van der Waals surface area contributed by atoms with Crippen LogP contribution in [0.4, 0.5) is 0 Å². The Labute approximate surface area is 417 Å². The van der Waals surface area contributed by atoms with Gasteiger partial charge in [-0.1, -0.05) is 268 Å². The summed E-state index contributed by atoms with van der Waals surface area (Å²) in [5, 5.41) is 13.7. The molecule has 0 rings (SSSR count). The molecule has 2 N–H and O–H groups in total. The van der Waals surface area contributed by atoms with Crippen molar-refractivity contribution in [3.8, 4) is 0 Å². The van der Waals surface area contributed by atoms with Crippen LogP contribution in [0.25, 0.3) is 0 Å². The summed E-state index contributed by atoms with van der Waals surface area (Å²) in [6, 6.07) is -0.905. The van der Waals surface area contributed by atoms with E-state index in [9.17, 15) is 19.4 Å². The number of unbranched alkanes of at least 4 members (excludes halogenated alkanes) is 37. The fraction of sp³-hybridized carbons (Fsp3) is 0.879. The van der Waals surface area contributed by atoms with Crippen molar-refractivity contribution in [1.82, 2.24) is 5.32 Å². The van der Waals surface area contributed by atoms with Crippen LogP contribution >= 0.6 is 7.82 Å². The number of aliphatic hydroxyl groups is 1. The van der Waals surface area contributed by atoms with Gasteiger partial charge < -0.3 is 28.8 Å². The van der Waals surface area contributed by atoms with E-state index in [2.05, 4.69) is 30.5 Å². The molecule has 3 atom stereocenters. The predicted molar refractivity (Wildman–Crippen MR) is 288 cm³/mol. The Bertz CT molecular complexity index is 1190. The number of hydrogen-bond donors (Lipinski definition) is 2. The van der Waals surface area contributed by atoms with Crippen molar-refractivity contribution in [2.75, 3.05) is 40.9 Å². The minimum absolute atomic E-state index is 0.00816. The predicted octanol–water partition coefficient (Wildman–Crippen LogP) is 16.7. The van der Waals surface area contributed by atoms with Crippen LogP contribution in [0.15, 0.2) is 36.5 Å². The molecule has 0 saturated heterocycles. The van der Waals surface area contributed by atoms with E-state index < -0.39 is 26.6 Å². The van der Waals surface area contributed by atoms with Crippen LogP contribution in [0.5, 0.6) is 0 Å². The van der Waals surface area contributed by atoms with E-state index in [0.717, 1.165) is 44.9 Å². The fourth-order valence-electron chi connectivity index (χ4n) is 8.67. The van der Waals surface area contributed by atoms with E-state index in [1.165, 1.54) is 212 Å². The summed E-state index contributed by atoms with van der Waals surface area (Å²) in [7, 11) is 1.24. The topological polar surface area (TPSA) is 108 Å². The molecule has 9 heteroatoms. The lowest BCUT2D eigenvalue weighted by Gasteiger charge is -2.29. The summed E-state index contributed by atoms with van der Waals surface area (Å²) >= 11 is 0. The van der Waals surface area contributed by atoms with Gasteiger partial charge in [-0.3, -0.25) is 9.36 Å². The van der Waals surface area contributed by atoms with Crippen molar-refractivity contribution in [3.63, 3.8) is 0 Å². The first kappa shape index (κ1) is 65.7. The van der Waals surface area contributed by atoms with Crippen LogP contribution in [0.1, 0.15) is 277 Å². The van der Waals surface area contributed by atoms with Crippen molar-refractivity contribution < 1.29 is 32.9 Å². The monoisotopic (exact) mass is 965 g/mol. The third-order valence-electron chi connectivity index (χ3n) is 13.2. The molecule has 0 radical (unpaired) electrons. The Morgan fingerprint density at radius 2 is 0.866 bits per heavy atom. The molecule has 3 unspecified atom stereocenters. The smallest absolute Gasteiger partial charge is 0.268 e. The first-order valence-electron chi connectivity index (χ1n) is 28.8. The normalized spacial score (nSPS) is 14.2. The number of rotatable bonds is 53. The molecule has 0 bridgehead atoms. The number of hydrogen-bond acceptors (Lipinski definition) is 6. The average Bonchev–Trinajstić information content (AvgIpc) is 3.29. The third kappa shape index (κ3) is 52.4. The van der Waals surface area contributed by atoms with Gasteiger partial charge in [-0.25, -0.2) is 0 Å². The van der Waals surface area contributed by atoms with Crippen LogP contribution in [-0.4, -0.2) is 68.5 Å². The molecule has 0 aromatic carbocycles. The molecule has 1 amide bonds. The van der Waals surface area contributed by atoms with Crippen LogP contribution in [0.2, 0.25) is 0 Å². The number of amides is 1. The van der Waals surface area contributed by atoms with Crippen molar-refractivity contribution in [3.05, 3.63) is 36.5 Å². The Hall–Kier alpha value is -1.28. The number of carbonyl (C=O) groups excluding carboxylic acids is 1. The molecule has 0 aliphatic rings. The maximum absolute atomic E-state index is 12.9. The molecule has 0 aliphatic heterocycles. The van der Waals surface area contributed by atoms with Gasteiger partial charge in [-0.05, 0) is 39.0 Å². The minimum Gasteiger partial charge on any atom is -0.756 e. The zero-order valence-electron chi connectivity index (χ0n) is 45.1. The lowest BCUT2D eigenvalue weighted by atomic mass is 10.0. The lowest BCUT2D eigenvalue weighted by molar-refractivity contribution is -0.870. The molecule has 0 spiro atoms. The van der Waals surface area contributed by atoms with E-state index in [-0.39, 0.29) is 12.5 Å². The average molecular weight is 966 g/mol. The summed E-state index contributed by atoms with van der Waals surface area (Å²) in [6.45, 7) is 4.40. The fourth-order valence-corrected chi connectivity index (χ4v) is 9.39. The van der Waals surface area contributed by atoms with Crippen molar-refractivity contribution in [1.29, 1.82) is 0 Å². The SMILES string of the molecule is C/C=C/CC/C=C/CC/C=C/C(O)C(COP(=O)([O-])OCC[N+](C)(C)C)NC(=O)CCCCCCCCCCCCCCCCCCCCCCCCCCCCCCCCCCCCCC. The molecule has 0 aromatic heterocycles. The molecule has 0 aromatic rings. The number of likely N-dealkylation sites (N-methyl/N-ethyl adjacent to an activating group) is 1. The summed E-state index contributed by atoms with van der Waals surface area (Å²) in [5.41, 5.74) is 0. The molecule has 8 nitrogen and oxygen atoms in total. The molecule has 396 valence electrons. The van der Waals surface area contributed by atoms with Gasteiger partial charge in [0.2, 0.25) is 5.91 Å². The molecule has 67 heavy (non-hydrogen) atoms. The van der Waals surface area contributed by atoms with E-state index in [0.29, 0.717) is 17.4 Å². The van der Waals surface area contributed by atoms with Gasteiger partial charge in [0.1, 0.15) is 13.2 Å². The maximum Gasteiger partial charge on any atom is 0.268 e. The molecule has 0 fully saturated rings. The Balaban J connectivity index is 3.82. The number of nitrogens with one attached hydrogen (secondary N) is 1. The largest absolute Gasteiger partial charge is 0.756 e. The molecular weight excluding hydrogens is 852 g/mol. The third-order valence-corrected chi connectivity index (χ3v) is 14.1. The van der Waals surface area contributed by atoms with E-state index in [1.54, 1.807) is 6.08 Å². The standard InChI is InChI=1S/C58H113N2O6P/c1-6-8-10-12-14-16-17-18-19-20-21-22-23-24-25-26-27-28-29-30-31-32-33-34-35-36-37-38-39-40-41-42-44-46-48-50-52-58(62)59-56(55-66-67(63,64)65-54-53-60(3,4)5)57(61)51-49-47-45-43-15-13-11-9-7-2/h7,9,15,43,49,51,56-57,61H,6,8,10-14,16-42,44-48,50,52-55H2,1-5H3,(H-,59,62,63,64)/b9-7+,43-15+,51-49+. The van der Waals surface area contributed by atoms with Gasteiger partial charge in [0.15, 0.2) is 0 Å². The van der Waals surface area contributed by atoms with Crippen LogP contribution in [-0.2, 0) is 18.4 Å². The Morgan fingerprint density at radius 3 is 1.21 bits per heavy atom. The first-order chi connectivity index (χ1) is 32.5. The lowest BCUT2D eigenvalue weighted by Crippen LogP contribution is -2.45. The van der Waals surface area contributed by atoms with E-state index in [1.807, 2.05) is 40.2 Å². The first-order valence-corrected chi connectivity index (χ1v) is 30.3. The molecule has 0 saturated carbocycles. The zero-order valence-corrected chi connectivity index (χ0v) is 46.0. The summed E-state index contributed by atoms with van der Waals surface area (Å²) < 4.78 is 23.2. The zero-order chi connectivity index (χ0) is 49.2. The molecule has 0 aliphatic carbocycles. The van der Waals surface area contributed by atoms with Crippen LogP contribution in [0, 0.1) is 0 Å². The molecule has 0 heterocycles. The maximum atomic E-state index is 12.9. The van der Waals surface area contributed by atoms with Gasteiger partial charge in [-0.15, -0.1) is 0 Å². The highest BCUT2D eigenvalue weighted by Gasteiger charge is 2.23. The van der Waals surface area contributed by atoms with Gasteiger partial charge >= 0.3 is 0 Å². The Morgan fingerprint density at radius 1 is 0.537 bits per heavy atom. The number of nitrogens with zero attached hydrogens (tertiary/aromatic N) is 1. The number of aliphatic hydroxyl groups excluding tert-OH is 1. The summed E-state index contributed by atoms with van der Waals surface area (Å²) in [4.78, 5) is 25.3. The van der Waals surface area contributed by atoms with Gasteiger partial charge in [0.25, 0.3) is 7.82 Å². The highest BCUT2D eigenvalue weighted by molar-refractivity contribution is 7.45. The van der Waals surface area contributed by atoms with Crippen LogP contribution in [0.3, 0.4) is 0 Å². The second-order valence-electron chi connectivity index (χ2n) is 21.0. The minimum atomic E-state index is -4.60. The van der Waals surface area contributed by atoms with Gasteiger partial charge in [0.05, 0.1) is 39.9 Å². The molecular formula is C58H113N2O6P. The van der Waals surface area contributed by atoms with Crippen molar-refractivity contribution >= 4 is 13.7 Å². The van der Waals surface area contributed by atoms with E-state index in [4.69, 9.17) is 9.05 Å².